The second kappa shape index (κ2) is 8.78. The standard InChI is InChI=1S/C23H17ClN6OS/c24-17-7-8-20(25-12-17)28-23-26-18(13-32-23)10-22(31)27-21-11-19(29-30-21)16-6-5-14-3-1-2-4-15(14)9-16/h1-9,11-13H,10H2,(H,25,26,28)(H2,27,29,30,31). The number of amides is 1. The van der Waals surface area contributed by atoms with Crippen LogP contribution in [0.1, 0.15) is 5.69 Å². The van der Waals surface area contributed by atoms with Crippen LogP contribution < -0.4 is 10.6 Å². The first-order valence-corrected chi connectivity index (χ1v) is 11.1. The largest absolute Gasteiger partial charge is 0.316 e. The van der Waals surface area contributed by atoms with Crippen molar-refractivity contribution in [2.75, 3.05) is 10.6 Å². The Labute approximate surface area is 192 Å². The maximum absolute atomic E-state index is 12.5. The molecule has 5 aromatic rings. The molecule has 0 radical (unpaired) electrons. The molecule has 0 aliphatic rings. The fourth-order valence-corrected chi connectivity index (χ4v) is 4.08. The lowest BCUT2D eigenvalue weighted by Gasteiger charge is -2.01. The van der Waals surface area contributed by atoms with E-state index in [1.807, 2.05) is 29.6 Å². The molecule has 0 unspecified atom stereocenters. The summed E-state index contributed by atoms with van der Waals surface area (Å²) in [5, 5.41) is 18.5. The number of benzene rings is 2. The van der Waals surface area contributed by atoms with Crippen LogP contribution in [0.5, 0.6) is 0 Å². The van der Waals surface area contributed by atoms with Crippen molar-refractivity contribution in [2.24, 2.45) is 0 Å². The number of carbonyl (C=O) groups is 1. The number of halogens is 1. The summed E-state index contributed by atoms with van der Waals surface area (Å²) in [4.78, 5) is 21.1. The van der Waals surface area contributed by atoms with Crippen molar-refractivity contribution in [3.63, 3.8) is 0 Å². The molecule has 32 heavy (non-hydrogen) atoms. The van der Waals surface area contributed by atoms with Crippen LogP contribution in [0.25, 0.3) is 22.0 Å². The van der Waals surface area contributed by atoms with Gasteiger partial charge in [-0.1, -0.05) is 48.0 Å². The van der Waals surface area contributed by atoms with E-state index in [2.05, 4.69) is 55.1 Å². The number of carbonyl (C=O) groups excluding carboxylic acids is 1. The van der Waals surface area contributed by atoms with Gasteiger partial charge in [-0.3, -0.25) is 9.89 Å². The number of fused-ring (bicyclic) bond motifs is 1. The van der Waals surface area contributed by atoms with Crippen molar-refractivity contribution in [2.45, 2.75) is 6.42 Å². The van der Waals surface area contributed by atoms with Gasteiger partial charge < -0.3 is 10.6 Å². The van der Waals surface area contributed by atoms with Crippen molar-refractivity contribution in [3.05, 3.63) is 83.0 Å². The molecule has 0 saturated heterocycles. The molecule has 5 rings (SSSR count). The van der Waals surface area contributed by atoms with E-state index in [1.54, 1.807) is 18.3 Å². The lowest BCUT2D eigenvalue weighted by Crippen LogP contribution is -2.14. The van der Waals surface area contributed by atoms with Gasteiger partial charge in [-0.25, -0.2) is 9.97 Å². The number of rotatable bonds is 6. The molecule has 0 spiro atoms. The number of pyridine rings is 1. The predicted octanol–water partition coefficient (Wildman–Crippen LogP) is 5.66. The van der Waals surface area contributed by atoms with E-state index in [1.165, 1.54) is 16.7 Å². The van der Waals surface area contributed by atoms with Crippen LogP contribution in [0.4, 0.5) is 16.8 Å². The van der Waals surface area contributed by atoms with Crippen LogP contribution in [0, 0.1) is 0 Å². The summed E-state index contributed by atoms with van der Waals surface area (Å²) in [5.41, 5.74) is 2.50. The minimum absolute atomic E-state index is 0.143. The summed E-state index contributed by atoms with van der Waals surface area (Å²) < 4.78 is 0. The molecule has 0 fully saturated rings. The summed E-state index contributed by atoms with van der Waals surface area (Å²) in [6.07, 6.45) is 1.70. The Bertz CT molecular complexity index is 1400. The summed E-state index contributed by atoms with van der Waals surface area (Å²) >= 11 is 7.25. The highest BCUT2D eigenvalue weighted by Crippen LogP contribution is 2.25. The molecule has 0 saturated carbocycles. The highest BCUT2D eigenvalue weighted by atomic mass is 35.5. The molecule has 7 nitrogen and oxygen atoms in total. The fraction of sp³-hybridized carbons (Fsp3) is 0.0435. The Morgan fingerprint density at radius 1 is 1.03 bits per heavy atom. The Morgan fingerprint density at radius 2 is 1.91 bits per heavy atom. The van der Waals surface area contributed by atoms with E-state index in [0.717, 1.165) is 16.6 Å². The number of anilines is 3. The molecule has 3 aromatic heterocycles. The van der Waals surface area contributed by atoms with E-state index in [0.29, 0.717) is 27.5 Å². The first kappa shape index (κ1) is 20.2. The van der Waals surface area contributed by atoms with E-state index in [4.69, 9.17) is 11.6 Å². The van der Waals surface area contributed by atoms with Gasteiger partial charge >= 0.3 is 0 Å². The average Bonchev–Trinajstić information content (AvgIpc) is 3.44. The molecule has 3 heterocycles. The maximum atomic E-state index is 12.5. The normalized spacial score (nSPS) is 10.9. The van der Waals surface area contributed by atoms with Gasteiger partial charge in [-0.15, -0.1) is 11.3 Å². The van der Waals surface area contributed by atoms with Crippen molar-refractivity contribution in [1.29, 1.82) is 0 Å². The summed E-state index contributed by atoms with van der Waals surface area (Å²) in [6, 6.07) is 19.7. The molecule has 158 valence electrons. The molecular weight excluding hydrogens is 444 g/mol. The van der Waals surface area contributed by atoms with Crippen LogP contribution in [0.15, 0.2) is 72.2 Å². The van der Waals surface area contributed by atoms with Crippen LogP contribution in [-0.4, -0.2) is 26.1 Å². The van der Waals surface area contributed by atoms with Gasteiger partial charge in [-0.05, 0) is 29.0 Å². The molecule has 0 bridgehead atoms. The number of thiazole rings is 1. The molecule has 0 atom stereocenters. The Hall–Kier alpha value is -3.75. The fourth-order valence-electron chi connectivity index (χ4n) is 3.25. The zero-order chi connectivity index (χ0) is 21.9. The average molecular weight is 461 g/mol. The molecule has 2 aromatic carbocycles. The van der Waals surface area contributed by atoms with Crippen molar-refractivity contribution in [3.8, 4) is 11.3 Å². The van der Waals surface area contributed by atoms with Gasteiger partial charge in [0.15, 0.2) is 10.9 Å². The number of aromatic amines is 1. The first-order chi connectivity index (χ1) is 15.6. The third-order valence-corrected chi connectivity index (χ3v) is 5.79. The smallest absolute Gasteiger partial charge is 0.231 e. The van der Waals surface area contributed by atoms with Gasteiger partial charge in [0.2, 0.25) is 5.91 Å². The number of H-pyrrole nitrogens is 1. The van der Waals surface area contributed by atoms with Crippen LogP contribution in [0.3, 0.4) is 0 Å². The van der Waals surface area contributed by atoms with E-state index in [9.17, 15) is 4.79 Å². The van der Waals surface area contributed by atoms with E-state index < -0.39 is 0 Å². The van der Waals surface area contributed by atoms with Crippen molar-refractivity contribution < 1.29 is 4.79 Å². The Kier molecular flexibility index (Phi) is 5.53. The van der Waals surface area contributed by atoms with Gasteiger partial charge in [0.25, 0.3) is 0 Å². The summed E-state index contributed by atoms with van der Waals surface area (Å²) in [6.45, 7) is 0. The zero-order valence-corrected chi connectivity index (χ0v) is 18.2. The van der Waals surface area contributed by atoms with Crippen LogP contribution >= 0.6 is 22.9 Å². The zero-order valence-electron chi connectivity index (χ0n) is 16.7. The Morgan fingerprint density at radius 3 is 2.75 bits per heavy atom. The Balaban J connectivity index is 1.22. The van der Waals surface area contributed by atoms with E-state index >= 15 is 0 Å². The SMILES string of the molecule is O=C(Cc1csc(Nc2ccc(Cl)cn2)n1)Nc1cc(-c2ccc3ccccc3c2)[nH]n1. The first-order valence-electron chi connectivity index (χ1n) is 9.80. The second-order valence-electron chi connectivity index (χ2n) is 7.08. The maximum Gasteiger partial charge on any atom is 0.231 e. The lowest BCUT2D eigenvalue weighted by atomic mass is 10.1. The third kappa shape index (κ3) is 4.61. The number of aromatic nitrogens is 4. The molecule has 0 aliphatic carbocycles. The molecule has 1 amide bonds. The second-order valence-corrected chi connectivity index (χ2v) is 8.38. The van der Waals surface area contributed by atoms with E-state index in [-0.39, 0.29) is 12.3 Å². The number of nitrogens with one attached hydrogen (secondary N) is 3. The topological polar surface area (TPSA) is 95.6 Å². The van der Waals surface area contributed by atoms with Gasteiger partial charge in [0.05, 0.1) is 22.8 Å². The van der Waals surface area contributed by atoms with Gasteiger partial charge in [0.1, 0.15) is 5.82 Å². The highest BCUT2D eigenvalue weighted by Gasteiger charge is 2.11. The summed E-state index contributed by atoms with van der Waals surface area (Å²) in [5.74, 6) is 0.914. The quantitative estimate of drug-likeness (QED) is 0.304. The minimum atomic E-state index is -0.192. The lowest BCUT2D eigenvalue weighted by molar-refractivity contribution is -0.115. The van der Waals surface area contributed by atoms with Crippen LogP contribution in [0.2, 0.25) is 5.02 Å². The molecule has 9 heteroatoms. The molecular formula is C23H17ClN6OS. The van der Waals surface area contributed by atoms with Gasteiger partial charge in [0, 0.05) is 23.2 Å². The highest BCUT2D eigenvalue weighted by molar-refractivity contribution is 7.13. The number of nitrogens with zero attached hydrogens (tertiary/aromatic N) is 3. The molecule has 0 aliphatic heterocycles. The van der Waals surface area contributed by atoms with Crippen LogP contribution in [-0.2, 0) is 11.2 Å². The van der Waals surface area contributed by atoms with Crippen molar-refractivity contribution in [1.82, 2.24) is 20.2 Å². The molecule has 3 N–H and O–H groups in total. The monoisotopic (exact) mass is 460 g/mol. The van der Waals surface area contributed by atoms with Gasteiger partial charge in [-0.2, -0.15) is 5.10 Å². The number of hydrogen-bond acceptors (Lipinski definition) is 6. The predicted molar refractivity (Wildman–Crippen MR) is 129 cm³/mol. The van der Waals surface area contributed by atoms with Crippen molar-refractivity contribution >= 4 is 56.4 Å². The summed E-state index contributed by atoms with van der Waals surface area (Å²) in [7, 11) is 0. The number of hydrogen-bond donors (Lipinski definition) is 3. The third-order valence-electron chi connectivity index (χ3n) is 4.76. The minimum Gasteiger partial charge on any atom is -0.316 e.